The number of nitrogens with one attached hydrogen (secondary N) is 2. The van der Waals surface area contributed by atoms with Crippen LogP contribution in [-0.4, -0.2) is 25.1 Å². The molecular weight excluding hydrogens is 299 g/mol. The predicted molar refractivity (Wildman–Crippen MR) is 72.1 cm³/mol. The van der Waals surface area contributed by atoms with Crippen LogP contribution in [0.1, 0.15) is 18.3 Å². The molecule has 21 heavy (non-hydrogen) atoms. The zero-order chi connectivity index (χ0) is 15.3. The molecule has 0 radical (unpaired) electrons. The van der Waals surface area contributed by atoms with Crippen LogP contribution in [0.25, 0.3) is 0 Å². The number of nitrogens with zero attached hydrogens (tertiary/aromatic N) is 2. The fraction of sp³-hybridized carbons (Fsp3) is 0.333. The van der Waals surface area contributed by atoms with Gasteiger partial charge < -0.3 is 9.84 Å². The molecule has 1 heterocycles. The molecule has 1 aromatic heterocycles. The van der Waals surface area contributed by atoms with Gasteiger partial charge in [0.1, 0.15) is 5.82 Å². The lowest BCUT2D eigenvalue weighted by atomic mass is 10.2. The average molecular weight is 314 g/mol. The van der Waals surface area contributed by atoms with Crippen molar-refractivity contribution in [3.63, 3.8) is 0 Å². The van der Waals surface area contributed by atoms with Crippen LogP contribution in [0.4, 0.5) is 4.39 Å². The Hall–Kier alpha value is -1.84. The minimum absolute atomic E-state index is 0.105. The van der Waals surface area contributed by atoms with Gasteiger partial charge in [0.15, 0.2) is 5.82 Å². The Bertz CT molecular complexity index is 689. The summed E-state index contributed by atoms with van der Waals surface area (Å²) < 4.78 is 44.7. The summed E-state index contributed by atoms with van der Waals surface area (Å²) in [5.41, 5.74) is 0.485. The first-order valence-corrected chi connectivity index (χ1v) is 7.75. The molecule has 2 aromatic rings. The lowest BCUT2D eigenvalue weighted by molar-refractivity contribution is 0.409. The number of aromatic nitrogens is 2. The van der Waals surface area contributed by atoms with Crippen molar-refractivity contribution in [3.8, 4) is 0 Å². The average Bonchev–Trinajstić information content (AvgIpc) is 2.97. The summed E-state index contributed by atoms with van der Waals surface area (Å²) in [6.45, 7) is 2.77. The number of hydrogen-bond donors (Lipinski definition) is 2. The molecule has 2 rings (SSSR count). The van der Waals surface area contributed by atoms with E-state index in [0.29, 0.717) is 18.7 Å². The lowest BCUT2D eigenvalue weighted by Gasteiger charge is -2.11. The van der Waals surface area contributed by atoms with E-state index in [1.54, 1.807) is 0 Å². The van der Waals surface area contributed by atoms with Crippen molar-refractivity contribution in [2.24, 2.45) is 0 Å². The van der Waals surface area contributed by atoms with Gasteiger partial charge in [-0.25, -0.2) is 17.5 Å². The Morgan fingerprint density at radius 2 is 2.14 bits per heavy atom. The molecule has 0 aliphatic carbocycles. The lowest BCUT2D eigenvalue weighted by Crippen LogP contribution is -2.26. The maximum absolute atomic E-state index is 13.4. The van der Waals surface area contributed by atoms with Crippen molar-refractivity contribution in [3.05, 3.63) is 41.8 Å². The number of rotatable bonds is 7. The molecule has 0 fully saturated rings. The van der Waals surface area contributed by atoms with Crippen LogP contribution >= 0.6 is 0 Å². The van der Waals surface area contributed by atoms with E-state index in [9.17, 15) is 12.8 Å². The van der Waals surface area contributed by atoms with E-state index in [-0.39, 0.29) is 17.3 Å². The highest BCUT2D eigenvalue weighted by Gasteiger charge is 2.19. The highest BCUT2D eigenvalue weighted by molar-refractivity contribution is 7.89. The van der Waals surface area contributed by atoms with E-state index >= 15 is 0 Å². The first kappa shape index (κ1) is 15.5. The Labute approximate surface area is 121 Å². The maximum atomic E-state index is 13.4. The summed E-state index contributed by atoms with van der Waals surface area (Å²) in [6.07, 6.45) is 1.10. The minimum Gasteiger partial charge on any atom is -0.343 e. The normalized spacial score (nSPS) is 11.7. The van der Waals surface area contributed by atoms with E-state index < -0.39 is 15.8 Å². The van der Waals surface area contributed by atoms with Gasteiger partial charge in [0, 0.05) is 6.54 Å². The molecule has 0 bridgehead atoms. The van der Waals surface area contributed by atoms with Gasteiger partial charge in [0.2, 0.25) is 16.4 Å². The third kappa shape index (κ3) is 4.06. The van der Waals surface area contributed by atoms with Gasteiger partial charge in [-0.2, -0.15) is 4.98 Å². The Morgan fingerprint density at radius 3 is 2.81 bits per heavy atom. The molecule has 0 unspecified atom stereocenters. The van der Waals surface area contributed by atoms with E-state index in [2.05, 4.69) is 24.7 Å². The van der Waals surface area contributed by atoms with Crippen molar-refractivity contribution >= 4 is 10.0 Å². The summed E-state index contributed by atoms with van der Waals surface area (Å²) in [4.78, 5) is 3.61. The van der Waals surface area contributed by atoms with E-state index in [1.807, 2.05) is 6.92 Å². The number of benzene rings is 1. The molecule has 1 aromatic carbocycles. The van der Waals surface area contributed by atoms with Gasteiger partial charge in [0.25, 0.3) is 0 Å². The highest BCUT2D eigenvalue weighted by atomic mass is 32.2. The van der Waals surface area contributed by atoms with E-state index in [1.165, 1.54) is 12.1 Å². The fourth-order valence-electron chi connectivity index (χ4n) is 1.69. The van der Waals surface area contributed by atoms with Crippen molar-refractivity contribution in [2.75, 3.05) is 6.54 Å². The molecule has 0 aliphatic heterocycles. The summed E-state index contributed by atoms with van der Waals surface area (Å²) in [5, 5.41) is 6.51. The van der Waals surface area contributed by atoms with Gasteiger partial charge in [-0.05, 0) is 24.2 Å². The highest BCUT2D eigenvalue weighted by Crippen LogP contribution is 2.17. The molecule has 0 amide bonds. The third-order valence-corrected chi connectivity index (χ3v) is 4.19. The molecular formula is C12H15FN4O3S. The monoisotopic (exact) mass is 314 g/mol. The van der Waals surface area contributed by atoms with Gasteiger partial charge in [-0.15, -0.1) is 0 Å². The molecule has 0 spiro atoms. The maximum Gasteiger partial charge on any atom is 0.241 e. The summed E-state index contributed by atoms with van der Waals surface area (Å²) >= 11 is 0. The first-order valence-electron chi connectivity index (χ1n) is 6.27. The van der Waals surface area contributed by atoms with E-state index in [4.69, 9.17) is 0 Å². The number of sulfonamides is 1. The number of halogens is 1. The summed E-state index contributed by atoms with van der Waals surface area (Å²) in [7, 11) is -3.87. The van der Waals surface area contributed by atoms with Crippen LogP contribution in [0.15, 0.2) is 34.0 Å². The Kier molecular flexibility index (Phi) is 4.99. The van der Waals surface area contributed by atoms with Crippen molar-refractivity contribution in [1.82, 2.24) is 20.2 Å². The molecule has 0 atom stereocenters. The summed E-state index contributed by atoms with van der Waals surface area (Å²) in [5.74, 6) is -0.418. The fourth-order valence-corrected chi connectivity index (χ4v) is 2.92. The zero-order valence-electron chi connectivity index (χ0n) is 11.3. The Balaban J connectivity index is 2.23. The quantitative estimate of drug-likeness (QED) is 0.784. The van der Waals surface area contributed by atoms with Crippen molar-refractivity contribution in [2.45, 2.75) is 24.9 Å². The molecule has 0 aliphatic rings. The van der Waals surface area contributed by atoms with E-state index in [0.717, 1.165) is 12.5 Å². The SMILES string of the molecule is CCNCc1ccc(F)cc1S(=O)(=O)NCc1ncon1. The second-order valence-corrected chi connectivity index (χ2v) is 5.94. The van der Waals surface area contributed by atoms with Crippen LogP contribution in [0.5, 0.6) is 0 Å². The van der Waals surface area contributed by atoms with Crippen molar-refractivity contribution in [1.29, 1.82) is 0 Å². The number of hydrogen-bond acceptors (Lipinski definition) is 6. The Morgan fingerprint density at radius 1 is 1.33 bits per heavy atom. The van der Waals surface area contributed by atoms with Gasteiger partial charge in [0.05, 0.1) is 11.4 Å². The third-order valence-electron chi connectivity index (χ3n) is 2.71. The molecule has 114 valence electrons. The van der Waals surface area contributed by atoms with Crippen molar-refractivity contribution < 1.29 is 17.3 Å². The largest absolute Gasteiger partial charge is 0.343 e. The molecule has 0 saturated carbocycles. The van der Waals surface area contributed by atoms with Crippen LogP contribution in [0.3, 0.4) is 0 Å². The second-order valence-electron chi connectivity index (χ2n) is 4.20. The minimum atomic E-state index is -3.87. The van der Waals surface area contributed by atoms with Crippen LogP contribution in [0, 0.1) is 5.82 Å². The van der Waals surface area contributed by atoms with Gasteiger partial charge in [-0.1, -0.05) is 18.1 Å². The van der Waals surface area contributed by atoms with Crippen LogP contribution in [-0.2, 0) is 23.1 Å². The van der Waals surface area contributed by atoms with Crippen LogP contribution < -0.4 is 10.0 Å². The first-order chi connectivity index (χ1) is 10.0. The predicted octanol–water partition coefficient (Wildman–Crippen LogP) is 0.797. The molecule has 7 nitrogen and oxygen atoms in total. The molecule has 2 N–H and O–H groups in total. The van der Waals surface area contributed by atoms with Crippen LogP contribution in [0.2, 0.25) is 0 Å². The van der Waals surface area contributed by atoms with Gasteiger partial charge >= 0.3 is 0 Å². The second kappa shape index (κ2) is 6.74. The topological polar surface area (TPSA) is 97.1 Å². The zero-order valence-corrected chi connectivity index (χ0v) is 12.2. The standard InChI is InChI=1S/C12H15FN4O3S/c1-2-14-6-9-3-4-10(13)5-11(9)21(18,19)16-7-12-15-8-20-17-12/h3-5,8,14,16H,2,6-7H2,1H3. The van der Waals surface area contributed by atoms with Gasteiger partial charge in [-0.3, -0.25) is 0 Å². The molecule has 9 heteroatoms. The smallest absolute Gasteiger partial charge is 0.241 e. The molecule has 0 saturated heterocycles. The summed E-state index contributed by atoms with van der Waals surface area (Å²) in [6, 6.07) is 3.66.